The van der Waals surface area contributed by atoms with E-state index in [9.17, 15) is 4.39 Å². The Morgan fingerprint density at radius 2 is 1.55 bits per heavy atom. The second-order valence-electron chi connectivity index (χ2n) is 4.96. The van der Waals surface area contributed by atoms with Crippen LogP contribution in [0.25, 0.3) is 0 Å². The van der Waals surface area contributed by atoms with Crippen molar-refractivity contribution in [1.29, 1.82) is 0 Å². The molecule has 0 fully saturated rings. The lowest BCUT2D eigenvalue weighted by molar-refractivity contribution is 0.587. The molecule has 2 aromatic rings. The smallest absolute Gasteiger partial charge is 0.126 e. The molecular weight excluding hydrogens is 315 g/mol. The molecule has 108 valence electrons. The van der Waals surface area contributed by atoms with E-state index in [2.05, 4.69) is 48.8 Å². The highest BCUT2D eigenvalue weighted by atomic mass is 79.9. The largest absolute Gasteiger partial charge is 0.207 e. The van der Waals surface area contributed by atoms with E-state index in [1.54, 1.807) is 6.07 Å². The topological polar surface area (TPSA) is 0 Å². The first-order valence-electron chi connectivity index (χ1n) is 7.07. The second-order valence-corrected chi connectivity index (χ2v) is 5.88. The summed E-state index contributed by atoms with van der Waals surface area (Å²) in [5.41, 5.74) is 2.01. The van der Waals surface area contributed by atoms with Crippen LogP contribution in [0.15, 0.2) is 53.0 Å². The van der Waals surface area contributed by atoms with Gasteiger partial charge in [-0.3, -0.25) is 0 Å². The Labute approximate surface area is 130 Å². The quantitative estimate of drug-likeness (QED) is 0.612. The molecule has 0 nitrogen and oxygen atoms in total. The van der Waals surface area contributed by atoms with Gasteiger partial charge >= 0.3 is 0 Å². The van der Waals surface area contributed by atoms with Gasteiger partial charge in [-0.25, -0.2) is 4.39 Å². The average molecular weight is 337 g/mol. The third-order valence-corrected chi connectivity index (χ3v) is 3.42. The zero-order chi connectivity index (χ0) is 15.0. The monoisotopic (exact) mass is 336 g/mol. The van der Waals surface area contributed by atoms with Gasteiger partial charge in [0.1, 0.15) is 5.82 Å². The lowest BCUT2D eigenvalue weighted by Gasteiger charge is -2.12. The van der Waals surface area contributed by atoms with Crippen molar-refractivity contribution in [2.45, 2.75) is 39.5 Å². The van der Waals surface area contributed by atoms with Crippen LogP contribution in [0.2, 0.25) is 0 Å². The van der Waals surface area contributed by atoms with Crippen molar-refractivity contribution in [2.75, 3.05) is 0 Å². The minimum Gasteiger partial charge on any atom is -0.207 e. The maximum atomic E-state index is 13.6. The molecule has 1 atom stereocenters. The van der Waals surface area contributed by atoms with Crippen molar-refractivity contribution in [3.8, 4) is 0 Å². The van der Waals surface area contributed by atoms with Crippen molar-refractivity contribution < 1.29 is 4.39 Å². The van der Waals surface area contributed by atoms with Crippen LogP contribution >= 0.6 is 15.9 Å². The van der Waals surface area contributed by atoms with Crippen LogP contribution in [-0.2, 0) is 6.42 Å². The molecule has 1 unspecified atom stereocenters. The Balaban J connectivity index is 0.000000612. The molecule has 2 rings (SSSR count). The van der Waals surface area contributed by atoms with Crippen LogP contribution in [0, 0.1) is 5.82 Å². The fourth-order valence-corrected chi connectivity index (χ4v) is 2.22. The highest BCUT2D eigenvalue weighted by Gasteiger charge is 2.10. The molecule has 2 aromatic carbocycles. The maximum Gasteiger partial charge on any atom is 0.126 e. The molecule has 0 saturated carbocycles. The Morgan fingerprint density at radius 3 is 2.10 bits per heavy atom. The highest BCUT2D eigenvalue weighted by Crippen LogP contribution is 2.23. The molecule has 0 aliphatic carbocycles. The van der Waals surface area contributed by atoms with Gasteiger partial charge in [0.05, 0.1) is 0 Å². The summed E-state index contributed by atoms with van der Waals surface area (Å²) in [6.45, 7) is 6.31. The van der Waals surface area contributed by atoms with Crippen LogP contribution in [0.4, 0.5) is 4.39 Å². The first-order valence-corrected chi connectivity index (χ1v) is 7.86. The van der Waals surface area contributed by atoms with E-state index in [0.29, 0.717) is 0 Å². The first kappa shape index (κ1) is 16.9. The lowest BCUT2D eigenvalue weighted by atomic mass is 9.93. The van der Waals surface area contributed by atoms with Crippen LogP contribution in [0.1, 0.15) is 44.2 Å². The summed E-state index contributed by atoms with van der Waals surface area (Å²) in [7, 11) is 0. The molecule has 0 amide bonds. The summed E-state index contributed by atoms with van der Waals surface area (Å²) < 4.78 is 14.7. The SMILES string of the molecule is CC(Cc1ccc(Br)cc1)c1ccccc1F.CCC. The van der Waals surface area contributed by atoms with E-state index in [4.69, 9.17) is 0 Å². The van der Waals surface area contributed by atoms with E-state index in [0.717, 1.165) is 16.5 Å². The van der Waals surface area contributed by atoms with Gasteiger partial charge in [-0.15, -0.1) is 0 Å². The zero-order valence-corrected chi connectivity index (χ0v) is 14.0. The Kier molecular flexibility index (Phi) is 7.53. The van der Waals surface area contributed by atoms with Crippen LogP contribution < -0.4 is 0 Å². The summed E-state index contributed by atoms with van der Waals surface area (Å²) in [6, 6.07) is 15.2. The summed E-state index contributed by atoms with van der Waals surface area (Å²) >= 11 is 3.41. The Bertz CT molecular complexity index is 505. The number of halogens is 2. The predicted octanol–water partition coefficient (Wildman–Crippen LogP) is 6.35. The van der Waals surface area contributed by atoms with Crippen LogP contribution in [0.3, 0.4) is 0 Å². The third-order valence-electron chi connectivity index (χ3n) is 2.89. The molecular formula is C18H22BrF. The van der Waals surface area contributed by atoms with Crippen molar-refractivity contribution in [2.24, 2.45) is 0 Å². The van der Waals surface area contributed by atoms with Crippen molar-refractivity contribution in [3.05, 3.63) is 69.9 Å². The van der Waals surface area contributed by atoms with E-state index in [-0.39, 0.29) is 11.7 Å². The molecule has 0 aliphatic heterocycles. The van der Waals surface area contributed by atoms with E-state index in [1.807, 2.05) is 24.3 Å². The molecule has 0 radical (unpaired) electrons. The molecule has 0 N–H and O–H groups in total. The summed E-state index contributed by atoms with van der Waals surface area (Å²) in [4.78, 5) is 0. The van der Waals surface area contributed by atoms with Gasteiger partial charge in [0.2, 0.25) is 0 Å². The summed E-state index contributed by atoms with van der Waals surface area (Å²) in [6.07, 6.45) is 2.11. The minimum absolute atomic E-state index is 0.114. The number of hydrogen-bond donors (Lipinski definition) is 0. The number of rotatable bonds is 3. The van der Waals surface area contributed by atoms with Crippen LogP contribution in [0.5, 0.6) is 0 Å². The minimum atomic E-state index is -0.114. The van der Waals surface area contributed by atoms with Gasteiger partial charge in [-0.05, 0) is 41.7 Å². The fourth-order valence-electron chi connectivity index (χ4n) is 1.96. The normalized spacial score (nSPS) is 11.4. The van der Waals surface area contributed by atoms with Gasteiger partial charge in [-0.2, -0.15) is 0 Å². The molecule has 0 aromatic heterocycles. The van der Waals surface area contributed by atoms with Crippen molar-refractivity contribution in [1.82, 2.24) is 0 Å². The van der Waals surface area contributed by atoms with E-state index >= 15 is 0 Å². The van der Waals surface area contributed by atoms with E-state index < -0.39 is 0 Å². The highest BCUT2D eigenvalue weighted by molar-refractivity contribution is 9.10. The molecule has 0 spiro atoms. The first-order chi connectivity index (χ1) is 9.58. The van der Waals surface area contributed by atoms with Gasteiger partial charge < -0.3 is 0 Å². The molecule has 2 heteroatoms. The molecule has 0 aliphatic rings. The van der Waals surface area contributed by atoms with Gasteiger partial charge in [0.25, 0.3) is 0 Å². The average Bonchev–Trinajstić information content (AvgIpc) is 2.43. The van der Waals surface area contributed by atoms with Crippen molar-refractivity contribution in [3.63, 3.8) is 0 Å². The molecule has 20 heavy (non-hydrogen) atoms. The standard InChI is InChI=1S/C15H14BrF.C3H8/c1-11(14-4-2-3-5-15(14)17)10-12-6-8-13(16)9-7-12;1-3-2/h2-9,11H,10H2,1H3;3H2,1-2H3. The lowest BCUT2D eigenvalue weighted by Crippen LogP contribution is -2.01. The fraction of sp³-hybridized carbons (Fsp3) is 0.333. The molecule has 0 bridgehead atoms. The van der Waals surface area contributed by atoms with Gasteiger partial charge in [0.15, 0.2) is 0 Å². The third kappa shape index (κ3) is 5.46. The molecule has 0 heterocycles. The van der Waals surface area contributed by atoms with Crippen molar-refractivity contribution >= 4 is 15.9 Å². The maximum absolute atomic E-state index is 13.6. The van der Waals surface area contributed by atoms with E-state index in [1.165, 1.54) is 18.1 Å². The Hall–Kier alpha value is -1.15. The molecule has 0 saturated heterocycles. The second kappa shape index (κ2) is 8.91. The number of hydrogen-bond acceptors (Lipinski definition) is 0. The van der Waals surface area contributed by atoms with Crippen LogP contribution in [-0.4, -0.2) is 0 Å². The number of benzene rings is 2. The predicted molar refractivity (Wildman–Crippen MR) is 88.6 cm³/mol. The van der Waals surface area contributed by atoms with Gasteiger partial charge in [-0.1, -0.05) is 73.5 Å². The van der Waals surface area contributed by atoms with Gasteiger partial charge in [0, 0.05) is 4.47 Å². The zero-order valence-electron chi connectivity index (χ0n) is 12.4. The summed E-state index contributed by atoms with van der Waals surface area (Å²) in [5, 5.41) is 0. The summed E-state index contributed by atoms with van der Waals surface area (Å²) in [5.74, 6) is 0.0782. The Morgan fingerprint density at radius 1 is 1.00 bits per heavy atom.